The minimum Gasteiger partial charge on any atom is -0.497 e. The molecule has 1 aliphatic rings. The summed E-state index contributed by atoms with van der Waals surface area (Å²) in [7, 11) is 5.51. The smallest absolute Gasteiger partial charge is 0.132 e. The second kappa shape index (κ2) is 4.21. The lowest BCUT2D eigenvalue weighted by atomic mass is 10.1. The number of benzene rings is 1. The van der Waals surface area contributed by atoms with E-state index in [9.17, 15) is 0 Å². The molecule has 4 heteroatoms. The molecule has 4 nitrogen and oxygen atoms in total. The van der Waals surface area contributed by atoms with Crippen LogP contribution in [0, 0.1) is 0 Å². The molecule has 0 saturated carbocycles. The van der Waals surface area contributed by atoms with Crippen molar-refractivity contribution in [3.63, 3.8) is 0 Å². The van der Waals surface area contributed by atoms with E-state index < -0.39 is 0 Å². The third kappa shape index (κ3) is 1.49. The van der Waals surface area contributed by atoms with Gasteiger partial charge in [-0.1, -0.05) is 0 Å². The number of methoxy groups -OCH3 is 2. The maximum Gasteiger partial charge on any atom is 0.132 e. The lowest BCUT2D eigenvalue weighted by Crippen LogP contribution is -2.24. The van der Waals surface area contributed by atoms with Crippen LogP contribution in [0.2, 0.25) is 0 Å². The van der Waals surface area contributed by atoms with E-state index >= 15 is 0 Å². The van der Waals surface area contributed by atoms with E-state index in [2.05, 4.69) is 23.0 Å². The first-order valence-corrected chi connectivity index (χ1v) is 6.19. The lowest BCUT2D eigenvalue weighted by molar-refractivity contribution is 0.397. The molecule has 1 aromatic carbocycles. The first-order valence-electron chi connectivity index (χ1n) is 6.19. The molecule has 0 aliphatic carbocycles. The second-order valence-electron chi connectivity index (χ2n) is 4.63. The summed E-state index contributed by atoms with van der Waals surface area (Å²) in [6.45, 7) is 1.95. The molecular weight excluding hydrogens is 228 g/mol. The Kier molecular flexibility index (Phi) is 2.67. The normalized spacial score (nSPS) is 14.6. The maximum atomic E-state index is 5.53. The molecule has 1 N–H and O–H groups in total. The number of rotatable bonds is 2. The maximum absolute atomic E-state index is 5.53. The predicted octanol–water partition coefficient (Wildman–Crippen LogP) is 1.84. The highest BCUT2D eigenvalue weighted by Crippen LogP contribution is 2.37. The minimum absolute atomic E-state index is 0.838. The molecule has 0 saturated heterocycles. The Morgan fingerprint density at radius 2 is 2.06 bits per heavy atom. The molecule has 0 atom stereocenters. The van der Waals surface area contributed by atoms with Crippen LogP contribution < -0.4 is 14.8 Å². The fourth-order valence-corrected chi connectivity index (χ4v) is 2.84. The number of hydrogen-bond acceptors (Lipinski definition) is 3. The highest BCUT2D eigenvalue weighted by atomic mass is 16.5. The largest absolute Gasteiger partial charge is 0.497 e. The van der Waals surface area contributed by atoms with E-state index in [0.29, 0.717) is 0 Å². The Hall–Kier alpha value is -1.68. The molecule has 1 aliphatic heterocycles. The Bertz CT molecular complexity index is 602. The van der Waals surface area contributed by atoms with E-state index in [1.807, 2.05) is 6.07 Å². The monoisotopic (exact) mass is 246 g/mol. The highest BCUT2D eigenvalue weighted by Gasteiger charge is 2.21. The molecule has 0 unspecified atom stereocenters. The van der Waals surface area contributed by atoms with Crippen molar-refractivity contribution in [2.45, 2.75) is 13.0 Å². The fourth-order valence-electron chi connectivity index (χ4n) is 2.84. The zero-order chi connectivity index (χ0) is 12.7. The third-order valence-corrected chi connectivity index (χ3v) is 3.77. The summed E-state index contributed by atoms with van der Waals surface area (Å²) in [5, 5.41) is 4.64. The van der Waals surface area contributed by atoms with E-state index in [1.165, 1.54) is 22.2 Å². The molecule has 0 spiro atoms. The lowest BCUT2D eigenvalue weighted by Gasteiger charge is -2.15. The fraction of sp³-hybridized carbons (Fsp3) is 0.429. The van der Waals surface area contributed by atoms with Crippen molar-refractivity contribution >= 4 is 10.9 Å². The van der Waals surface area contributed by atoms with Gasteiger partial charge in [0.15, 0.2) is 0 Å². The number of fused-ring (bicyclic) bond motifs is 3. The SMILES string of the molecule is COc1cc(OC)c2c3c(n(C)c2c1)CCNC3. The van der Waals surface area contributed by atoms with Crippen molar-refractivity contribution in [3.8, 4) is 11.5 Å². The molecule has 0 bridgehead atoms. The van der Waals surface area contributed by atoms with Gasteiger partial charge in [-0.3, -0.25) is 0 Å². The quantitative estimate of drug-likeness (QED) is 0.878. The zero-order valence-electron chi connectivity index (χ0n) is 11.0. The van der Waals surface area contributed by atoms with Gasteiger partial charge in [0.1, 0.15) is 11.5 Å². The van der Waals surface area contributed by atoms with Crippen molar-refractivity contribution in [2.75, 3.05) is 20.8 Å². The van der Waals surface area contributed by atoms with Crippen LogP contribution in [0.5, 0.6) is 11.5 Å². The molecule has 3 rings (SSSR count). The number of hydrogen-bond donors (Lipinski definition) is 1. The first-order chi connectivity index (χ1) is 8.76. The van der Waals surface area contributed by atoms with E-state index in [4.69, 9.17) is 9.47 Å². The Balaban J connectivity index is 2.37. The van der Waals surface area contributed by atoms with Crippen LogP contribution in [0.25, 0.3) is 10.9 Å². The van der Waals surface area contributed by atoms with Gasteiger partial charge in [0, 0.05) is 49.8 Å². The van der Waals surface area contributed by atoms with Gasteiger partial charge in [-0.25, -0.2) is 0 Å². The molecule has 0 radical (unpaired) electrons. The summed E-state index contributed by atoms with van der Waals surface area (Å²) in [6, 6.07) is 4.04. The van der Waals surface area contributed by atoms with Gasteiger partial charge in [0.2, 0.25) is 0 Å². The minimum atomic E-state index is 0.838. The summed E-state index contributed by atoms with van der Waals surface area (Å²) in [6.07, 6.45) is 1.06. The predicted molar refractivity (Wildman–Crippen MR) is 71.4 cm³/mol. The number of nitrogens with zero attached hydrogens (tertiary/aromatic N) is 1. The van der Waals surface area contributed by atoms with Gasteiger partial charge in [0.25, 0.3) is 0 Å². The topological polar surface area (TPSA) is 35.4 Å². The van der Waals surface area contributed by atoms with Crippen molar-refractivity contribution in [1.29, 1.82) is 0 Å². The van der Waals surface area contributed by atoms with Gasteiger partial charge < -0.3 is 19.4 Å². The van der Waals surface area contributed by atoms with E-state index in [-0.39, 0.29) is 0 Å². The number of aromatic nitrogens is 1. The van der Waals surface area contributed by atoms with Gasteiger partial charge in [-0.2, -0.15) is 0 Å². The van der Waals surface area contributed by atoms with Gasteiger partial charge in [0.05, 0.1) is 19.7 Å². The van der Waals surface area contributed by atoms with Crippen LogP contribution in [0.4, 0.5) is 0 Å². The van der Waals surface area contributed by atoms with Gasteiger partial charge in [-0.15, -0.1) is 0 Å². The highest BCUT2D eigenvalue weighted by molar-refractivity contribution is 5.92. The summed E-state index contributed by atoms with van der Waals surface area (Å²) in [4.78, 5) is 0. The molecule has 18 heavy (non-hydrogen) atoms. The van der Waals surface area contributed by atoms with Crippen molar-refractivity contribution in [2.24, 2.45) is 7.05 Å². The molecule has 2 heterocycles. The number of nitrogens with one attached hydrogen (secondary N) is 1. The molecule has 0 fully saturated rings. The molecule has 96 valence electrons. The summed E-state index contributed by atoms with van der Waals surface area (Å²) in [5.41, 5.74) is 3.94. The Morgan fingerprint density at radius 3 is 2.78 bits per heavy atom. The second-order valence-corrected chi connectivity index (χ2v) is 4.63. The third-order valence-electron chi connectivity index (χ3n) is 3.77. The van der Waals surface area contributed by atoms with E-state index in [0.717, 1.165) is 31.0 Å². The summed E-state index contributed by atoms with van der Waals surface area (Å²) in [5.74, 6) is 1.73. The Labute approximate surface area is 106 Å². The molecular formula is C14H18N2O2. The number of aryl methyl sites for hydroxylation is 1. The average molecular weight is 246 g/mol. The van der Waals surface area contributed by atoms with Crippen LogP contribution in [-0.4, -0.2) is 25.3 Å². The molecule has 0 amide bonds. The standard InChI is InChI=1S/C14H18N2O2/c1-16-11-4-5-15-8-10(11)14-12(16)6-9(17-2)7-13(14)18-3/h6-7,15H,4-5,8H2,1-3H3. The van der Waals surface area contributed by atoms with E-state index in [1.54, 1.807) is 14.2 Å². The van der Waals surface area contributed by atoms with Gasteiger partial charge in [-0.05, 0) is 5.56 Å². The average Bonchev–Trinajstić information content (AvgIpc) is 2.72. The van der Waals surface area contributed by atoms with Crippen LogP contribution in [0.15, 0.2) is 12.1 Å². The van der Waals surface area contributed by atoms with Crippen molar-refractivity contribution < 1.29 is 9.47 Å². The van der Waals surface area contributed by atoms with Crippen LogP contribution in [0.3, 0.4) is 0 Å². The summed E-state index contributed by atoms with van der Waals surface area (Å²) >= 11 is 0. The molecule has 1 aromatic heterocycles. The van der Waals surface area contributed by atoms with Crippen LogP contribution in [-0.2, 0) is 20.0 Å². The first kappa shape index (κ1) is 11.4. The van der Waals surface area contributed by atoms with Crippen molar-refractivity contribution in [3.05, 3.63) is 23.4 Å². The summed E-state index contributed by atoms with van der Waals surface area (Å²) < 4.78 is 13.1. The zero-order valence-corrected chi connectivity index (χ0v) is 11.0. The number of ether oxygens (including phenoxy) is 2. The molecule has 2 aromatic rings. The van der Waals surface area contributed by atoms with Gasteiger partial charge >= 0.3 is 0 Å². The van der Waals surface area contributed by atoms with Crippen molar-refractivity contribution in [1.82, 2.24) is 9.88 Å². The Morgan fingerprint density at radius 1 is 1.22 bits per heavy atom. The van der Waals surface area contributed by atoms with Crippen LogP contribution in [0.1, 0.15) is 11.3 Å². The van der Waals surface area contributed by atoms with Crippen LogP contribution >= 0.6 is 0 Å².